The molecule has 0 spiro atoms. The summed E-state index contributed by atoms with van der Waals surface area (Å²) in [4.78, 5) is 4.22. The van der Waals surface area contributed by atoms with Crippen LogP contribution in [0.4, 0.5) is 5.69 Å². The summed E-state index contributed by atoms with van der Waals surface area (Å²) in [6.45, 7) is 0. The lowest BCUT2D eigenvalue weighted by Gasteiger charge is -2.03. The molecule has 68 valence electrons. The molecule has 1 aromatic heterocycles. The Morgan fingerprint density at radius 2 is 2.14 bits per heavy atom. The second-order valence-corrected chi connectivity index (χ2v) is 3.03. The maximum absolute atomic E-state index is 4.22. The van der Waals surface area contributed by atoms with Crippen molar-refractivity contribution >= 4 is 11.9 Å². The number of para-hydroxylation sites is 1. The third kappa shape index (κ3) is 0.939. The fraction of sp³-hybridized carbons (Fsp3) is 0. The van der Waals surface area contributed by atoms with Crippen LogP contribution in [0.25, 0.3) is 17.6 Å². The number of benzene rings is 1. The predicted molar refractivity (Wildman–Crippen MR) is 54.4 cm³/mol. The zero-order valence-electron chi connectivity index (χ0n) is 7.38. The van der Waals surface area contributed by atoms with E-state index in [-0.39, 0.29) is 0 Å². The van der Waals surface area contributed by atoms with E-state index in [0.717, 1.165) is 17.1 Å². The average molecular weight is 184 g/mol. The lowest BCUT2D eigenvalue weighted by Crippen LogP contribution is -1.91. The normalized spacial score (nSPS) is 12.6. The number of hydrogen-bond acceptors (Lipinski definition) is 3. The second-order valence-electron chi connectivity index (χ2n) is 3.03. The average Bonchev–Trinajstić information content (AvgIpc) is 2.61. The van der Waals surface area contributed by atoms with Crippen molar-refractivity contribution in [1.82, 2.24) is 14.8 Å². The third-order valence-electron chi connectivity index (χ3n) is 2.20. The minimum atomic E-state index is 0.863. The van der Waals surface area contributed by atoms with Crippen molar-refractivity contribution in [3.8, 4) is 11.4 Å². The van der Waals surface area contributed by atoms with Crippen molar-refractivity contribution < 1.29 is 0 Å². The molecule has 4 heteroatoms. The number of fused-ring (bicyclic) bond motifs is 3. The highest BCUT2D eigenvalue weighted by molar-refractivity contribution is 5.76. The summed E-state index contributed by atoms with van der Waals surface area (Å²) in [7, 11) is 0. The fourth-order valence-electron chi connectivity index (χ4n) is 1.55. The molecule has 0 fully saturated rings. The molecule has 0 unspecified atom stereocenters. The van der Waals surface area contributed by atoms with E-state index in [1.165, 1.54) is 0 Å². The molecule has 0 saturated heterocycles. The molecule has 2 heterocycles. The number of nitrogens with one attached hydrogen (secondary N) is 1. The first-order valence-corrected chi connectivity index (χ1v) is 4.37. The number of nitrogens with zero attached hydrogens (tertiary/aromatic N) is 3. The molecule has 0 radical (unpaired) electrons. The van der Waals surface area contributed by atoms with Crippen molar-refractivity contribution in [3.05, 3.63) is 36.8 Å². The molecule has 1 aliphatic heterocycles. The summed E-state index contributed by atoms with van der Waals surface area (Å²) in [5, 5.41) is 7.27. The van der Waals surface area contributed by atoms with Gasteiger partial charge in [-0.25, -0.2) is 9.67 Å². The Morgan fingerprint density at radius 1 is 1.21 bits per heavy atom. The van der Waals surface area contributed by atoms with Crippen molar-refractivity contribution in [2.24, 2.45) is 0 Å². The molecule has 0 aliphatic carbocycles. The van der Waals surface area contributed by atoms with Crippen LogP contribution in [-0.2, 0) is 0 Å². The Kier molecular flexibility index (Phi) is 1.41. The van der Waals surface area contributed by atoms with Gasteiger partial charge in [-0.1, -0.05) is 12.1 Å². The second kappa shape index (κ2) is 2.70. The summed E-state index contributed by atoms with van der Waals surface area (Å²) in [6.07, 6.45) is 5.26. The molecule has 0 bridgehead atoms. The summed E-state index contributed by atoms with van der Waals surface area (Å²) in [5.74, 6) is 0.863. The van der Waals surface area contributed by atoms with Gasteiger partial charge < -0.3 is 5.32 Å². The number of rotatable bonds is 0. The molecule has 0 amide bonds. The molecule has 0 atom stereocenters. The van der Waals surface area contributed by atoms with Crippen LogP contribution in [0.15, 0.2) is 36.8 Å². The van der Waals surface area contributed by atoms with Crippen LogP contribution in [0.2, 0.25) is 0 Å². The predicted octanol–water partition coefficient (Wildman–Crippen LogP) is 1.80. The summed E-state index contributed by atoms with van der Waals surface area (Å²) in [6, 6.07) is 8.02. The van der Waals surface area contributed by atoms with Gasteiger partial charge in [0.05, 0.1) is 0 Å². The Hall–Kier alpha value is -2.10. The van der Waals surface area contributed by atoms with Crippen LogP contribution in [0.5, 0.6) is 0 Å². The van der Waals surface area contributed by atoms with Crippen LogP contribution >= 0.6 is 0 Å². The van der Waals surface area contributed by atoms with E-state index < -0.39 is 0 Å². The first-order chi connectivity index (χ1) is 6.95. The van der Waals surface area contributed by atoms with E-state index >= 15 is 0 Å². The quantitative estimate of drug-likeness (QED) is 0.678. The Labute approximate surface area is 80.9 Å². The van der Waals surface area contributed by atoms with Crippen molar-refractivity contribution in [2.75, 3.05) is 5.32 Å². The summed E-state index contributed by atoms with van der Waals surface area (Å²) >= 11 is 0. The van der Waals surface area contributed by atoms with Crippen molar-refractivity contribution in [2.45, 2.75) is 0 Å². The van der Waals surface area contributed by atoms with Gasteiger partial charge in [-0.2, -0.15) is 5.10 Å². The Balaban J connectivity index is 2.33. The first kappa shape index (κ1) is 7.32. The van der Waals surface area contributed by atoms with Gasteiger partial charge in [-0.05, 0) is 12.1 Å². The molecule has 1 aliphatic rings. The minimum Gasteiger partial charge on any atom is -0.360 e. The van der Waals surface area contributed by atoms with Gasteiger partial charge in [0, 0.05) is 23.7 Å². The van der Waals surface area contributed by atoms with Gasteiger partial charge >= 0.3 is 0 Å². The van der Waals surface area contributed by atoms with Crippen LogP contribution in [0.3, 0.4) is 0 Å². The van der Waals surface area contributed by atoms with E-state index in [9.17, 15) is 0 Å². The monoisotopic (exact) mass is 184 g/mol. The van der Waals surface area contributed by atoms with Crippen LogP contribution in [0, 0.1) is 0 Å². The SMILES string of the molecule is C1=Cn2ncnc2-c2ccccc2N1. The van der Waals surface area contributed by atoms with Gasteiger partial charge in [-0.3, -0.25) is 0 Å². The van der Waals surface area contributed by atoms with Crippen LogP contribution in [-0.4, -0.2) is 14.8 Å². The summed E-state index contributed by atoms with van der Waals surface area (Å²) in [5.41, 5.74) is 2.12. The number of hydrogen-bond donors (Lipinski definition) is 1. The van der Waals surface area contributed by atoms with Gasteiger partial charge in [0.15, 0.2) is 5.82 Å². The topological polar surface area (TPSA) is 42.7 Å². The molecular weight excluding hydrogens is 176 g/mol. The zero-order chi connectivity index (χ0) is 9.38. The van der Waals surface area contributed by atoms with E-state index in [1.54, 1.807) is 11.0 Å². The van der Waals surface area contributed by atoms with Crippen LogP contribution in [0.1, 0.15) is 0 Å². The lowest BCUT2D eigenvalue weighted by atomic mass is 10.1. The summed E-state index contributed by atoms with van der Waals surface area (Å²) < 4.78 is 1.75. The number of aromatic nitrogens is 3. The molecule has 1 aromatic carbocycles. The minimum absolute atomic E-state index is 0.863. The molecule has 3 rings (SSSR count). The Morgan fingerprint density at radius 3 is 3.14 bits per heavy atom. The number of anilines is 1. The molecule has 14 heavy (non-hydrogen) atoms. The Bertz CT molecular complexity index is 498. The van der Waals surface area contributed by atoms with Gasteiger partial charge in [0.2, 0.25) is 0 Å². The van der Waals surface area contributed by atoms with Crippen molar-refractivity contribution in [1.29, 1.82) is 0 Å². The lowest BCUT2D eigenvalue weighted by molar-refractivity contribution is 0.943. The van der Waals surface area contributed by atoms with E-state index in [1.807, 2.05) is 36.7 Å². The highest BCUT2D eigenvalue weighted by Crippen LogP contribution is 2.27. The highest BCUT2D eigenvalue weighted by atomic mass is 15.3. The molecule has 1 N–H and O–H groups in total. The van der Waals surface area contributed by atoms with Gasteiger partial charge in [0.1, 0.15) is 6.33 Å². The smallest absolute Gasteiger partial charge is 0.164 e. The molecule has 2 aromatic rings. The standard InChI is InChI=1S/C10H8N4/c1-2-4-9-8(3-1)10-12-7-13-14(10)6-5-11-9/h1-7,11H. The van der Waals surface area contributed by atoms with Gasteiger partial charge in [0.25, 0.3) is 0 Å². The highest BCUT2D eigenvalue weighted by Gasteiger charge is 2.11. The van der Waals surface area contributed by atoms with E-state index in [2.05, 4.69) is 15.4 Å². The van der Waals surface area contributed by atoms with Crippen molar-refractivity contribution in [3.63, 3.8) is 0 Å². The molecule has 0 saturated carbocycles. The third-order valence-corrected chi connectivity index (χ3v) is 2.20. The first-order valence-electron chi connectivity index (χ1n) is 4.37. The maximum atomic E-state index is 4.22. The maximum Gasteiger partial charge on any atom is 0.164 e. The van der Waals surface area contributed by atoms with Gasteiger partial charge in [-0.15, -0.1) is 0 Å². The largest absolute Gasteiger partial charge is 0.360 e. The van der Waals surface area contributed by atoms with E-state index in [4.69, 9.17) is 0 Å². The molecular formula is C10H8N4. The van der Waals surface area contributed by atoms with Crippen LogP contribution < -0.4 is 5.32 Å². The molecule has 4 nitrogen and oxygen atoms in total. The fourth-order valence-corrected chi connectivity index (χ4v) is 1.55. The van der Waals surface area contributed by atoms with E-state index in [0.29, 0.717) is 0 Å². The zero-order valence-corrected chi connectivity index (χ0v) is 7.38.